The van der Waals surface area contributed by atoms with Gasteiger partial charge in [-0.15, -0.1) is 0 Å². The van der Waals surface area contributed by atoms with Gasteiger partial charge in [-0.25, -0.2) is 4.79 Å². The minimum absolute atomic E-state index is 0.0469. The molecule has 0 saturated heterocycles. The first-order valence-corrected chi connectivity index (χ1v) is 12.3. The maximum atomic E-state index is 13.2. The average molecular weight is 491 g/mol. The summed E-state index contributed by atoms with van der Waals surface area (Å²) >= 11 is 0. The van der Waals surface area contributed by atoms with Crippen molar-refractivity contribution in [3.63, 3.8) is 0 Å². The van der Waals surface area contributed by atoms with Crippen molar-refractivity contribution in [2.75, 3.05) is 37.4 Å². The van der Waals surface area contributed by atoms with Crippen LogP contribution in [0.1, 0.15) is 19.4 Å². The van der Waals surface area contributed by atoms with Crippen LogP contribution in [0, 0.1) is 5.92 Å². The van der Waals surface area contributed by atoms with Gasteiger partial charge in [-0.05, 0) is 43.6 Å². The van der Waals surface area contributed by atoms with Crippen LogP contribution in [0.4, 0.5) is 16.2 Å². The third-order valence-electron chi connectivity index (χ3n) is 6.62. The van der Waals surface area contributed by atoms with Crippen LogP contribution >= 0.6 is 0 Å². The lowest BCUT2D eigenvalue weighted by Crippen LogP contribution is -2.47. The van der Waals surface area contributed by atoms with Crippen LogP contribution < -0.4 is 20.7 Å². The van der Waals surface area contributed by atoms with E-state index in [4.69, 9.17) is 4.74 Å². The maximum Gasteiger partial charge on any atom is 0.323 e. The van der Waals surface area contributed by atoms with Gasteiger partial charge in [0.2, 0.25) is 5.91 Å². The van der Waals surface area contributed by atoms with Crippen molar-refractivity contribution in [2.45, 2.75) is 32.4 Å². The van der Waals surface area contributed by atoms with Gasteiger partial charge >= 0.3 is 6.03 Å². The Bertz CT molecular complexity index is 1230. The number of nitrogens with one attached hydrogen (secondary N) is 3. The summed E-state index contributed by atoms with van der Waals surface area (Å²) in [5.74, 6) is 0.579. The third-order valence-corrected chi connectivity index (χ3v) is 6.62. The highest BCUT2D eigenvalue weighted by molar-refractivity contribution is 6.06. The summed E-state index contributed by atoms with van der Waals surface area (Å²) in [7, 11) is 1.87. The summed E-state index contributed by atoms with van der Waals surface area (Å²) in [4.78, 5) is 27.8. The average Bonchev–Trinajstić information content (AvgIpc) is 2.92. The minimum Gasteiger partial charge on any atom is -0.488 e. The molecule has 0 aliphatic carbocycles. The van der Waals surface area contributed by atoms with E-state index in [-0.39, 0.29) is 43.0 Å². The Balaban J connectivity index is 1.57. The van der Waals surface area contributed by atoms with Gasteiger partial charge in [0.15, 0.2) is 0 Å². The number of likely N-dealkylation sites (N-methyl/N-ethyl adjacent to an activating group) is 1. The number of carbonyl (C=O) groups is 2. The van der Waals surface area contributed by atoms with E-state index in [9.17, 15) is 14.7 Å². The van der Waals surface area contributed by atoms with Gasteiger partial charge in [-0.2, -0.15) is 0 Å². The van der Waals surface area contributed by atoms with E-state index in [0.29, 0.717) is 35.8 Å². The predicted octanol–water partition coefficient (Wildman–Crippen LogP) is 3.85. The maximum absolute atomic E-state index is 13.2. The Morgan fingerprint density at radius 1 is 1.14 bits per heavy atom. The Kier molecular flexibility index (Phi) is 8.07. The number of aliphatic hydroxyl groups is 1. The smallest absolute Gasteiger partial charge is 0.323 e. The van der Waals surface area contributed by atoms with Gasteiger partial charge in [0.1, 0.15) is 11.9 Å². The van der Waals surface area contributed by atoms with Crippen molar-refractivity contribution in [3.05, 3.63) is 66.2 Å². The number of carbonyl (C=O) groups excluding carboxylic acids is 2. The zero-order chi connectivity index (χ0) is 25.7. The van der Waals surface area contributed by atoms with Crippen LogP contribution in [-0.4, -0.2) is 60.8 Å². The largest absolute Gasteiger partial charge is 0.488 e. The molecule has 3 aromatic carbocycles. The highest BCUT2D eigenvalue weighted by Crippen LogP contribution is 2.29. The monoisotopic (exact) mass is 490 g/mol. The van der Waals surface area contributed by atoms with E-state index >= 15 is 0 Å². The molecule has 4 rings (SSSR count). The number of ether oxygens (including phenoxy) is 1. The molecule has 8 heteroatoms. The highest BCUT2D eigenvalue weighted by atomic mass is 16.5. The van der Waals surface area contributed by atoms with Crippen molar-refractivity contribution in [1.82, 2.24) is 10.2 Å². The molecule has 0 saturated carbocycles. The van der Waals surface area contributed by atoms with Crippen molar-refractivity contribution < 1.29 is 19.4 Å². The van der Waals surface area contributed by atoms with E-state index in [1.807, 2.05) is 63.4 Å². The lowest BCUT2D eigenvalue weighted by Gasteiger charge is -2.32. The molecule has 1 aliphatic rings. The second-order valence-corrected chi connectivity index (χ2v) is 9.37. The molecule has 0 spiro atoms. The molecule has 0 fully saturated rings. The molecule has 1 aliphatic heterocycles. The molecule has 3 atom stereocenters. The van der Waals surface area contributed by atoms with E-state index in [1.54, 1.807) is 23.1 Å². The molecule has 3 aromatic rings. The quantitative estimate of drug-likeness (QED) is 0.420. The number of hydrogen-bond acceptors (Lipinski definition) is 5. The molecule has 8 nitrogen and oxygen atoms in total. The lowest BCUT2D eigenvalue weighted by atomic mass is 10.0. The van der Waals surface area contributed by atoms with Gasteiger partial charge < -0.3 is 30.7 Å². The summed E-state index contributed by atoms with van der Waals surface area (Å²) in [5, 5.41) is 20.7. The van der Waals surface area contributed by atoms with E-state index in [1.165, 1.54) is 0 Å². The Morgan fingerprint density at radius 3 is 2.69 bits per heavy atom. The molecule has 0 bridgehead atoms. The Morgan fingerprint density at radius 2 is 1.92 bits per heavy atom. The molecule has 0 unspecified atom stereocenters. The molecule has 1 heterocycles. The third kappa shape index (κ3) is 5.78. The zero-order valence-corrected chi connectivity index (χ0v) is 21.0. The first-order valence-electron chi connectivity index (χ1n) is 12.3. The van der Waals surface area contributed by atoms with Gasteiger partial charge in [-0.1, -0.05) is 43.3 Å². The van der Waals surface area contributed by atoms with Crippen LogP contribution in [-0.2, 0) is 11.2 Å². The van der Waals surface area contributed by atoms with Crippen molar-refractivity contribution in [1.29, 1.82) is 0 Å². The summed E-state index contributed by atoms with van der Waals surface area (Å²) in [6.07, 6.45) is -0.0550. The molecule has 4 N–H and O–H groups in total. The van der Waals surface area contributed by atoms with E-state index in [2.05, 4.69) is 16.0 Å². The van der Waals surface area contributed by atoms with Crippen LogP contribution in [0.5, 0.6) is 5.75 Å². The molecular weight excluding hydrogens is 456 g/mol. The van der Waals surface area contributed by atoms with Gasteiger partial charge in [0, 0.05) is 35.6 Å². The number of aliphatic hydroxyl groups excluding tert-OH is 1. The standard InChI is InChI=1S/C28H34N4O4/c1-18-16-32(19(2)17-33)27(34)14-21-13-22(11-12-25(21)36-26(18)15-29-3)30-28(35)31-24-10-6-8-20-7-4-5-9-23(20)24/h4-13,18-19,26,29,33H,14-17H2,1-3H3,(H2,30,31,35)/t18-,19-,26-/m0/s1. The van der Waals surface area contributed by atoms with Crippen molar-refractivity contribution >= 4 is 34.1 Å². The predicted molar refractivity (Wildman–Crippen MR) is 143 cm³/mol. The zero-order valence-electron chi connectivity index (χ0n) is 21.0. The topological polar surface area (TPSA) is 103 Å². The Hall–Kier alpha value is -3.62. The number of rotatable bonds is 6. The molecule has 0 radical (unpaired) electrons. The summed E-state index contributed by atoms with van der Waals surface area (Å²) in [6, 6.07) is 18.3. The highest BCUT2D eigenvalue weighted by Gasteiger charge is 2.30. The SMILES string of the molecule is CNC[C@@H]1Oc2ccc(NC(=O)Nc3cccc4ccccc34)cc2CC(=O)N([C@@H](C)CO)C[C@@H]1C. The molecular formula is C28H34N4O4. The first kappa shape index (κ1) is 25.5. The normalized spacial score (nSPS) is 18.9. The van der Waals surface area contributed by atoms with Gasteiger partial charge in [0.25, 0.3) is 0 Å². The second-order valence-electron chi connectivity index (χ2n) is 9.37. The number of anilines is 2. The fourth-order valence-corrected chi connectivity index (χ4v) is 4.57. The minimum atomic E-state index is -0.376. The van der Waals surface area contributed by atoms with Crippen LogP contribution in [0.2, 0.25) is 0 Å². The number of urea groups is 1. The van der Waals surface area contributed by atoms with E-state index in [0.717, 1.165) is 10.8 Å². The summed E-state index contributed by atoms with van der Waals surface area (Å²) in [6.45, 7) is 4.87. The van der Waals surface area contributed by atoms with Crippen LogP contribution in [0.15, 0.2) is 60.7 Å². The number of nitrogens with zero attached hydrogens (tertiary/aromatic N) is 1. The number of amides is 3. The summed E-state index contributed by atoms with van der Waals surface area (Å²) in [5.41, 5.74) is 1.96. The van der Waals surface area contributed by atoms with E-state index < -0.39 is 0 Å². The van der Waals surface area contributed by atoms with Crippen molar-refractivity contribution in [3.8, 4) is 5.75 Å². The number of benzene rings is 3. The fraction of sp³-hybridized carbons (Fsp3) is 0.357. The Labute approximate surface area is 211 Å². The van der Waals surface area contributed by atoms with Gasteiger partial charge in [0.05, 0.1) is 24.8 Å². The summed E-state index contributed by atoms with van der Waals surface area (Å²) < 4.78 is 6.35. The van der Waals surface area contributed by atoms with Crippen molar-refractivity contribution in [2.24, 2.45) is 5.92 Å². The second kappa shape index (κ2) is 11.4. The number of fused-ring (bicyclic) bond motifs is 2. The molecule has 3 amide bonds. The molecule has 190 valence electrons. The van der Waals surface area contributed by atoms with Crippen LogP contribution in [0.25, 0.3) is 10.8 Å². The first-order chi connectivity index (χ1) is 17.4. The van der Waals surface area contributed by atoms with Crippen LogP contribution in [0.3, 0.4) is 0 Å². The molecule has 0 aromatic heterocycles. The molecule has 36 heavy (non-hydrogen) atoms. The number of hydrogen-bond donors (Lipinski definition) is 4. The lowest BCUT2D eigenvalue weighted by molar-refractivity contribution is -0.134. The van der Waals surface area contributed by atoms with Gasteiger partial charge in [-0.3, -0.25) is 4.79 Å². The fourth-order valence-electron chi connectivity index (χ4n) is 4.57.